The quantitative estimate of drug-likeness (QED) is 0.772. The zero-order valence-corrected chi connectivity index (χ0v) is 15.5. The summed E-state index contributed by atoms with van der Waals surface area (Å²) < 4.78 is 11.9. The summed E-state index contributed by atoms with van der Waals surface area (Å²) in [5.74, 6) is 0.0742. The van der Waals surface area contributed by atoms with Gasteiger partial charge in [0.2, 0.25) is 0 Å². The summed E-state index contributed by atoms with van der Waals surface area (Å²) >= 11 is 0. The number of nitrogens with one attached hydrogen (secondary N) is 1. The number of imidazole rings is 1. The monoisotopic (exact) mass is 339 g/mol. The molecule has 1 atom stereocenters. The Morgan fingerprint density at radius 3 is 2.54 bits per heavy atom. The van der Waals surface area contributed by atoms with E-state index in [0.29, 0.717) is 11.6 Å². The molecule has 24 heavy (non-hydrogen) atoms. The zero-order valence-electron chi connectivity index (χ0n) is 15.5. The molecule has 136 valence electrons. The van der Waals surface area contributed by atoms with Crippen LogP contribution >= 0.6 is 0 Å². The molecule has 1 amide bonds. The fourth-order valence-corrected chi connectivity index (χ4v) is 2.04. The molecule has 0 fully saturated rings. The number of amides is 1. The van der Waals surface area contributed by atoms with E-state index in [0.717, 1.165) is 13.0 Å². The number of carbonyl (C=O) groups excluding carboxylic acids is 2. The predicted molar refractivity (Wildman–Crippen MR) is 90.6 cm³/mol. The third-order valence-corrected chi connectivity index (χ3v) is 3.24. The van der Waals surface area contributed by atoms with E-state index in [2.05, 4.69) is 24.1 Å². The predicted octanol–water partition coefficient (Wildman–Crippen LogP) is 2.54. The van der Waals surface area contributed by atoms with Crippen LogP contribution in [0.2, 0.25) is 0 Å². The fraction of sp³-hybridized carbons (Fsp3) is 0.706. The minimum Gasteiger partial charge on any atom is -0.467 e. The van der Waals surface area contributed by atoms with Gasteiger partial charge in [0.05, 0.1) is 19.1 Å². The second-order valence-electron chi connectivity index (χ2n) is 7.21. The highest BCUT2D eigenvalue weighted by Crippen LogP contribution is 2.09. The summed E-state index contributed by atoms with van der Waals surface area (Å²) in [6, 6.07) is -0.835. The van der Waals surface area contributed by atoms with Crippen molar-refractivity contribution in [1.82, 2.24) is 14.9 Å². The number of carbonyl (C=O) groups is 2. The fourth-order valence-electron chi connectivity index (χ4n) is 2.04. The minimum atomic E-state index is -0.835. The van der Waals surface area contributed by atoms with Gasteiger partial charge in [0.15, 0.2) is 0 Å². The Balaban J connectivity index is 2.69. The molecule has 1 aromatic heterocycles. The number of esters is 1. The van der Waals surface area contributed by atoms with Gasteiger partial charge < -0.3 is 19.4 Å². The van der Waals surface area contributed by atoms with E-state index >= 15 is 0 Å². The number of aryl methyl sites for hydroxylation is 1. The van der Waals surface area contributed by atoms with Gasteiger partial charge in [-0.15, -0.1) is 0 Å². The largest absolute Gasteiger partial charge is 0.467 e. The Kier molecular flexibility index (Phi) is 7.25. The molecule has 0 aromatic carbocycles. The second kappa shape index (κ2) is 8.70. The number of nitrogens with zero attached hydrogens (tertiary/aromatic N) is 2. The highest BCUT2D eigenvalue weighted by atomic mass is 16.6. The van der Waals surface area contributed by atoms with Crippen LogP contribution in [-0.4, -0.2) is 40.4 Å². The van der Waals surface area contributed by atoms with E-state index in [1.807, 2.05) is 10.8 Å². The number of aromatic nitrogens is 2. The zero-order chi connectivity index (χ0) is 18.3. The first-order valence-corrected chi connectivity index (χ1v) is 8.18. The molecular weight excluding hydrogens is 310 g/mol. The van der Waals surface area contributed by atoms with Crippen molar-refractivity contribution in [3.63, 3.8) is 0 Å². The summed E-state index contributed by atoms with van der Waals surface area (Å²) in [6.07, 6.45) is 4.26. The molecule has 0 saturated carbocycles. The first kappa shape index (κ1) is 20.0. The van der Waals surface area contributed by atoms with E-state index in [-0.39, 0.29) is 6.42 Å². The maximum absolute atomic E-state index is 11.9. The van der Waals surface area contributed by atoms with Crippen molar-refractivity contribution in [2.45, 2.75) is 65.6 Å². The lowest BCUT2D eigenvalue weighted by Gasteiger charge is -2.22. The highest BCUT2D eigenvalue weighted by molar-refractivity contribution is 5.81. The summed E-state index contributed by atoms with van der Waals surface area (Å²) in [5.41, 5.74) is 0.0774. The maximum Gasteiger partial charge on any atom is 0.408 e. The number of alkyl carbamates (subject to hydrolysis) is 1. The van der Waals surface area contributed by atoms with Crippen LogP contribution in [-0.2, 0) is 27.2 Å². The van der Waals surface area contributed by atoms with E-state index < -0.39 is 23.7 Å². The molecule has 1 aromatic rings. The first-order valence-electron chi connectivity index (χ1n) is 8.18. The van der Waals surface area contributed by atoms with Gasteiger partial charge >= 0.3 is 12.1 Å². The van der Waals surface area contributed by atoms with Gasteiger partial charge in [-0.25, -0.2) is 14.6 Å². The molecule has 0 radical (unpaired) electrons. The van der Waals surface area contributed by atoms with E-state index in [4.69, 9.17) is 9.47 Å². The van der Waals surface area contributed by atoms with Gasteiger partial charge in [0, 0.05) is 19.2 Å². The molecule has 1 rings (SSSR count). The first-order chi connectivity index (χ1) is 11.1. The molecule has 0 aliphatic rings. The Bertz CT molecular complexity index is 546. The van der Waals surface area contributed by atoms with Crippen molar-refractivity contribution in [2.75, 3.05) is 7.11 Å². The molecule has 0 aliphatic heterocycles. The average Bonchev–Trinajstić information content (AvgIpc) is 2.89. The molecule has 7 heteroatoms. The summed E-state index contributed by atoms with van der Waals surface area (Å²) in [7, 11) is 1.29. The Morgan fingerprint density at radius 1 is 1.33 bits per heavy atom. The highest BCUT2D eigenvalue weighted by Gasteiger charge is 2.26. The van der Waals surface area contributed by atoms with E-state index in [1.165, 1.54) is 7.11 Å². The minimum absolute atomic E-state index is 0.251. The van der Waals surface area contributed by atoms with Crippen LogP contribution in [0.3, 0.4) is 0 Å². The van der Waals surface area contributed by atoms with Gasteiger partial charge in [0.25, 0.3) is 0 Å². The molecule has 0 spiro atoms. The van der Waals surface area contributed by atoms with Crippen molar-refractivity contribution in [1.29, 1.82) is 0 Å². The number of hydrogen-bond donors (Lipinski definition) is 1. The van der Waals surface area contributed by atoms with Crippen LogP contribution in [0.25, 0.3) is 0 Å². The van der Waals surface area contributed by atoms with E-state index in [9.17, 15) is 9.59 Å². The molecule has 7 nitrogen and oxygen atoms in total. The number of ether oxygens (including phenoxy) is 2. The van der Waals surface area contributed by atoms with Crippen LogP contribution in [0.5, 0.6) is 0 Å². The van der Waals surface area contributed by atoms with Crippen LogP contribution < -0.4 is 5.32 Å². The third-order valence-electron chi connectivity index (χ3n) is 3.24. The van der Waals surface area contributed by atoms with Gasteiger partial charge in [-0.2, -0.15) is 0 Å². The van der Waals surface area contributed by atoms with Gasteiger partial charge in [-0.3, -0.25) is 0 Å². The van der Waals surface area contributed by atoms with Crippen LogP contribution in [0.1, 0.15) is 46.7 Å². The molecule has 0 bridgehead atoms. The van der Waals surface area contributed by atoms with Gasteiger partial charge in [-0.1, -0.05) is 13.8 Å². The third kappa shape index (κ3) is 7.48. The molecule has 0 saturated heterocycles. The van der Waals surface area contributed by atoms with Gasteiger partial charge in [-0.05, 0) is 33.1 Å². The lowest BCUT2D eigenvalue weighted by molar-refractivity contribution is -0.143. The Morgan fingerprint density at radius 2 is 2.00 bits per heavy atom. The molecule has 0 aliphatic carbocycles. The lowest BCUT2D eigenvalue weighted by Crippen LogP contribution is -2.45. The van der Waals surface area contributed by atoms with Crippen molar-refractivity contribution in [3.05, 3.63) is 18.2 Å². The molecular formula is C17H29N3O4. The summed E-state index contributed by atoms with van der Waals surface area (Å²) in [5, 5.41) is 2.55. The topological polar surface area (TPSA) is 82.5 Å². The average molecular weight is 339 g/mol. The van der Waals surface area contributed by atoms with Crippen LogP contribution in [0.4, 0.5) is 4.79 Å². The molecule has 1 heterocycles. The van der Waals surface area contributed by atoms with Gasteiger partial charge in [0.1, 0.15) is 11.6 Å². The van der Waals surface area contributed by atoms with Crippen LogP contribution in [0, 0.1) is 5.92 Å². The Labute approximate surface area is 143 Å². The molecule has 1 N–H and O–H groups in total. The molecule has 0 unspecified atom stereocenters. The smallest absolute Gasteiger partial charge is 0.408 e. The summed E-state index contributed by atoms with van der Waals surface area (Å²) in [6.45, 7) is 10.5. The lowest BCUT2D eigenvalue weighted by atomic mass is 10.1. The van der Waals surface area contributed by atoms with Crippen molar-refractivity contribution >= 4 is 12.1 Å². The standard InChI is InChI=1S/C17H29N3O4/c1-12(2)7-8-20-10-13(18-11-20)9-14(15(21)23-6)19-16(22)24-17(3,4)5/h10-12,14H,7-9H2,1-6H3,(H,19,22)/t14-/m0/s1. The number of hydrogen-bond acceptors (Lipinski definition) is 5. The SMILES string of the molecule is COC(=O)[C@H](Cc1cn(CCC(C)C)cn1)NC(=O)OC(C)(C)C. The number of methoxy groups -OCH3 is 1. The van der Waals surface area contributed by atoms with E-state index in [1.54, 1.807) is 27.1 Å². The number of rotatable bonds is 7. The van der Waals surface area contributed by atoms with Crippen LogP contribution in [0.15, 0.2) is 12.5 Å². The van der Waals surface area contributed by atoms with Crippen molar-refractivity contribution in [3.8, 4) is 0 Å². The second-order valence-corrected chi connectivity index (χ2v) is 7.21. The maximum atomic E-state index is 11.9. The summed E-state index contributed by atoms with van der Waals surface area (Å²) in [4.78, 5) is 28.1. The normalized spacial score (nSPS) is 12.8. The van der Waals surface area contributed by atoms with Crippen molar-refractivity contribution < 1.29 is 19.1 Å². The van der Waals surface area contributed by atoms with Crippen molar-refractivity contribution in [2.24, 2.45) is 5.92 Å². The Hall–Kier alpha value is -2.05.